The minimum absolute atomic E-state index is 0.196. The molecular formula is C19H32NO16P3. The smallest absolute Gasteiger partial charge is 0.387 e. The van der Waals surface area contributed by atoms with Gasteiger partial charge in [0.25, 0.3) is 5.91 Å². The second-order valence-corrected chi connectivity index (χ2v) is 12.1. The molecule has 2 rings (SSSR count). The molecule has 9 N–H and O–H groups in total. The van der Waals surface area contributed by atoms with Crippen molar-refractivity contribution in [2.24, 2.45) is 0 Å². The first-order chi connectivity index (χ1) is 18.0. The Balaban J connectivity index is 1.99. The van der Waals surface area contributed by atoms with Crippen LogP contribution in [0.25, 0.3) is 0 Å². The third kappa shape index (κ3) is 12.1. The third-order valence-corrected chi connectivity index (χ3v) is 7.03. The SMILES string of the molecule is O=C(NCCCCCCO[C@H]1[C@H](O)[C@@H](O)[C@@H](OP(=O)(O)O)[C@@H](OP(=O)(O)O)[C@@H]1OP(=O)(O)O)c1ccccc1. The van der Waals surface area contributed by atoms with Crippen LogP contribution in [0.4, 0.5) is 0 Å². The van der Waals surface area contributed by atoms with Crippen molar-refractivity contribution in [2.75, 3.05) is 13.2 Å². The van der Waals surface area contributed by atoms with Crippen molar-refractivity contribution in [1.82, 2.24) is 5.32 Å². The average molecular weight is 623 g/mol. The van der Waals surface area contributed by atoms with E-state index in [0.29, 0.717) is 37.8 Å². The van der Waals surface area contributed by atoms with Crippen LogP contribution in [0.15, 0.2) is 30.3 Å². The standard InChI is InChI=1S/C19H32NO16P3/c21-13-14(22)16(34-37(24,25)26)18(36-39(30,31)32)17(35-38(27,28)29)15(13)33-11-7-2-1-6-10-20-19(23)12-8-4-3-5-9-12/h3-5,8-9,13-18,21-22H,1-2,6-7,10-11H2,(H,20,23)(H2,24,25,26)(H2,27,28,29)(H2,30,31,32)/t13-,14-,15+,16-,17-,18-/m1/s1. The summed E-state index contributed by atoms with van der Waals surface area (Å²) < 4.78 is 53.0. The number of ether oxygens (including phenoxy) is 1. The molecule has 17 nitrogen and oxygen atoms in total. The predicted octanol–water partition coefficient (Wildman–Crippen LogP) is -0.469. The minimum Gasteiger partial charge on any atom is -0.387 e. The van der Waals surface area contributed by atoms with E-state index in [9.17, 15) is 48.3 Å². The van der Waals surface area contributed by atoms with E-state index < -0.39 is 60.1 Å². The summed E-state index contributed by atoms with van der Waals surface area (Å²) in [5.41, 5.74) is 0.515. The zero-order valence-corrected chi connectivity index (χ0v) is 23.0. The molecule has 20 heteroatoms. The maximum absolute atomic E-state index is 12.0. The number of aliphatic hydroxyl groups is 2. The van der Waals surface area contributed by atoms with Crippen LogP contribution in [0.2, 0.25) is 0 Å². The lowest BCUT2D eigenvalue weighted by atomic mass is 9.85. The molecule has 1 fully saturated rings. The highest BCUT2D eigenvalue weighted by Gasteiger charge is 2.57. The van der Waals surface area contributed by atoms with Gasteiger partial charge in [-0.1, -0.05) is 31.0 Å². The number of nitrogens with one attached hydrogen (secondary N) is 1. The van der Waals surface area contributed by atoms with E-state index >= 15 is 0 Å². The Morgan fingerprint density at radius 3 is 1.69 bits per heavy atom. The van der Waals surface area contributed by atoms with Crippen LogP contribution in [0.1, 0.15) is 36.0 Å². The van der Waals surface area contributed by atoms with Gasteiger partial charge in [-0.3, -0.25) is 18.4 Å². The Kier molecular flexibility index (Phi) is 12.8. The number of hydrogen-bond donors (Lipinski definition) is 9. The summed E-state index contributed by atoms with van der Waals surface area (Å²) in [4.78, 5) is 67.3. The highest BCUT2D eigenvalue weighted by molar-refractivity contribution is 7.47. The topological polar surface area (TPSA) is 279 Å². The highest BCUT2D eigenvalue weighted by Crippen LogP contribution is 2.50. The number of phosphoric acid groups is 3. The molecule has 224 valence electrons. The van der Waals surface area contributed by atoms with Gasteiger partial charge in [-0.2, -0.15) is 0 Å². The van der Waals surface area contributed by atoms with E-state index in [1.165, 1.54) is 0 Å². The zero-order valence-electron chi connectivity index (χ0n) is 20.3. The van der Waals surface area contributed by atoms with Crippen molar-refractivity contribution in [1.29, 1.82) is 0 Å². The van der Waals surface area contributed by atoms with Gasteiger partial charge in [0, 0.05) is 18.7 Å². The summed E-state index contributed by atoms with van der Waals surface area (Å²) >= 11 is 0. The molecule has 39 heavy (non-hydrogen) atoms. The number of benzene rings is 1. The fourth-order valence-electron chi connectivity index (χ4n) is 3.88. The predicted molar refractivity (Wildman–Crippen MR) is 130 cm³/mol. The lowest BCUT2D eigenvalue weighted by molar-refractivity contribution is -0.225. The van der Waals surface area contributed by atoms with E-state index in [4.69, 9.17) is 14.5 Å². The molecule has 6 atom stereocenters. The molecule has 1 aromatic rings. The van der Waals surface area contributed by atoms with Gasteiger partial charge in [0.15, 0.2) is 0 Å². The van der Waals surface area contributed by atoms with Gasteiger partial charge in [0.1, 0.15) is 36.6 Å². The molecule has 1 amide bonds. The molecule has 1 aliphatic carbocycles. The molecule has 1 saturated carbocycles. The second kappa shape index (κ2) is 14.7. The van der Waals surface area contributed by atoms with Gasteiger partial charge in [-0.25, -0.2) is 13.7 Å². The Hall–Kier alpha value is -1.10. The largest absolute Gasteiger partial charge is 0.470 e. The van der Waals surface area contributed by atoms with Gasteiger partial charge < -0.3 is 49.6 Å². The van der Waals surface area contributed by atoms with Gasteiger partial charge in [-0.05, 0) is 25.0 Å². The highest BCUT2D eigenvalue weighted by atomic mass is 31.2. The van der Waals surface area contributed by atoms with Gasteiger partial charge in [0.05, 0.1) is 0 Å². The van der Waals surface area contributed by atoms with Crippen molar-refractivity contribution >= 4 is 29.4 Å². The molecule has 0 spiro atoms. The summed E-state index contributed by atoms with van der Waals surface area (Å²) in [5.74, 6) is -0.229. The number of carbonyl (C=O) groups is 1. The number of carbonyl (C=O) groups excluding carboxylic acids is 1. The van der Waals surface area contributed by atoms with Crippen molar-refractivity contribution in [3.05, 3.63) is 35.9 Å². The Morgan fingerprint density at radius 2 is 1.15 bits per heavy atom. The molecule has 0 heterocycles. The van der Waals surface area contributed by atoms with Crippen LogP contribution in [0.3, 0.4) is 0 Å². The summed E-state index contributed by atoms with van der Waals surface area (Å²) in [5, 5.41) is 23.6. The summed E-state index contributed by atoms with van der Waals surface area (Å²) in [6.45, 7) is 0.196. The van der Waals surface area contributed by atoms with Gasteiger partial charge in [0.2, 0.25) is 0 Å². The first-order valence-electron chi connectivity index (χ1n) is 11.5. The molecule has 1 aliphatic rings. The molecular weight excluding hydrogens is 591 g/mol. The first-order valence-corrected chi connectivity index (χ1v) is 16.1. The fraction of sp³-hybridized carbons (Fsp3) is 0.632. The van der Waals surface area contributed by atoms with E-state index in [2.05, 4.69) is 18.9 Å². The van der Waals surface area contributed by atoms with Crippen LogP contribution < -0.4 is 5.32 Å². The van der Waals surface area contributed by atoms with E-state index in [0.717, 1.165) is 0 Å². The number of aliphatic hydroxyl groups excluding tert-OH is 2. The number of rotatable bonds is 15. The normalized spacial score (nSPS) is 26.4. The van der Waals surface area contributed by atoms with E-state index in [1.807, 2.05) is 0 Å². The number of hydrogen-bond acceptors (Lipinski definition) is 10. The molecule has 0 radical (unpaired) electrons. The second-order valence-electron chi connectivity index (χ2n) is 8.53. The number of phosphoric ester groups is 3. The minimum atomic E-state index is -5.53. The number of unbranched alkanes of at least 4 members (excludes halogenated alkanes) is 3. The van der Waals surface area contributed by atoms with Crippen LogP contribution >= 0.6 is 23.5 Å². The van der Waals surface area contributed by atoms with Crippen LogP contribution in [-0.4, -0.2) is 95.3 Å². The Labute approximate surface area is 222 Å². The van der Waals surface area contributed by atoms with Crippen molar-refractivity contribution in [3.8, 4) is 0 Å². The Bertz CT molecular complexity index is 1060. The van der Waals surface area contributed by atoms with Crippen LogP contribution in [0, 0.1) is 0 Å². The summed E-state index contributed by atoms with van der Waals surface area (Å²) in [6, 6.07) is 8.59. The third-order valence-electron chi connectivity index (χ3n) is 5.47. The quantitative estimate of drug-likeness (QED) is 0.0882. The van der Waals surface area contributed by atoms with Crippen LogP contribution in [0.5, 0.6) is 0 Å². The van der Waals surface area contributed by atoms with Gasteiger partial charge >= 0.3 is 23.5 Å². The molecule has 1 aromatic carbocycles. The number of amides is 1. The maximum Gasteiger partial charge on any atom is 0.470 e. The summed E-state index contributed by atoms with van der Waals surface area (Å²) in [7, 11) is -16.5. The van der Waals surface area contributed by atoms with Gasteiger partial charge in [-0.15, -0.1) is 0 Å². The van der Waals surface area contributed by atoms with Crippen molar-refractivity contribution in [3.63, 3.8) is 0 Å². The van der Waals surface area contributed by atoms with Crippen molar-refractivity contribution in [2.45, 2.75) is 62.3 Å². The Morgan fingerprint density at radius 1 is 0.692 bits per heavy atom. The lowest BCUT2D eigenvalue weighted by Crippen LogP contribution is -2.65. The molecule has 0 unspecified atom stereocenters. The monoisotopic (exact) mass is 623 g/mol. The van der Waals surface area contributed by atoms with E-state index in [1.54, 1.807) is 30.3 Å². The van der Waals surface area contributed by atoms with Crippen LogP contribution in [-0.2, 0) is 32.0 Å². The van der Waals surface area contributed by atoms with E-state index in [-0.39, 0.29) is 12.5 Å². The van der Waals surface area contributed by atoms with Crippen molar-refractivity contribution < 1.29 is 76.4 Å². The average Bonchev–Trinajstić information content (AvgIpc) is 2.81. The zero-order chi connectivity index (χ0) is 29.4. The molecule has 0 aliphatic heterocycles. The maximum atomic E-state index is 12.0. The first kappa shape index (κ1) is 34.1. The lowest BCUT2D eigenvalue weighted by Gasteiger charge is -2.46. The fourth-order valence-corrected chi connectivity index (χ4v) is 5.55. The molecule has 0 saturated heterocycles. The summed E-state index contributed by atoms with van der Waals surface area (Å²) in [6.07, 6.45) is -11.3. The molecule has 0 aromatic heterocycles. The molecule has 0 bridgehead atoms.